The normalized spacial score (nSPS) is 15.1. The van der Waals surface area contributed by atoms with E-state index in [0.29, 0.717) is 30.0 Å². The smallest absolute Gasteiger partial charge is 0.262 e. The van der Waals surface area contributed by atoms with Crippen LogP contribution in [0.1, 0.15) is 15.9 Å². The summed E-state index contributed by atoms with van der Waals surface area (Å²) in [5, 5.41) is 2.89. The molecule has 0 saturated carbocycles. The van der Waals surface area contributed by atoms with Crippen molar-refractivity contribution in [1.29, 1.82) is 0 Å². The lowest BCUT2D eigenvalue weighted by Crippen LogP contribution is -2.51. The maximum atomic E-state index is 13.2. The second-order valence-corrected chi connectivity index (χ2v) is 7.02. The van der Waals surface area contributed by atoms with Crippen molar-refractivity contribution in [3.05, 3.63) is 95.8 Å². The number of rotatable bonds is 5. The van der Waals surface area contributed by atoms with Crippen molar-refractivity contribution in [3.63, 3.8) is 0 Å². The van der Waals surface area contributed by atoms with Crippen molar-refractivity contribution in [2.45, 2.75) is 12.5 Å². The number of ether oxygens (including phenoxy) is 1. The summed E-state index contributed by atoms with van der Waals surface area (Å²) in [5.41, 5.74) is 2.05. The van der Waals surface area contributed by atoms with Crippen molar-refractivity contribution in [2.24, 2.45) is 0 Å². The minimum Gasteiger partial charge on any atom is -0.477 e. The van der Waals surface area contributed by atoms with E-state index in [1.165, 1.54) is 29.2 Å². The molecule has 1 aliphatic heterocycles. The summed E-state index contributed by atoms with van der Waals surface area (Å²) in [6.07, 6.45) is -0.131. The van der Waals surface area contributed by atoms with Gasteiger partial charge in [-0.1, -0.05) is 42.5 Å². The molecule has 5 nitrogen and oxygen atoms in total. The molecule has 0 spiro atoms. The molecule has 0 unspecified atom stereocenters. The lowest BCUT2D eigenvalue weighted by Gasteiger charge is -2.34. The summed E-state index contributed by atoms with van der Waals surface area (Å²) in [4.78, 5) is 27.3. The first-order chi connectivity index (χ1) is 14.6. The number of hydrogen-bond acceptors (Lipinski definition) is 3. The van der Waals surface area contributed by atoms with Gasteiger partial charge in [-0.15, -0.1) is 0 Å². The molecule has 6 heteroatoms. The van der Waals surface area contributed by atoms with Crippen LogP contribution in [-0.4, -0.2) is 31.0 Å². The maximum Gasteiger partial charge on any atom is 0.262 e. The van der Waals surface area contributed by atoms with Crippen molar-refractivity contribution < 1.29 is 18.7 Å². The summed E-state index contributed by atoms with van der Waals surface area (Å²) in [7, 11) is 0. The molecule has 0 fully saturated rings. The van der Waals surface area contributed by atoms with Crippen LogP contribution in [0.4, 0.5) is 10.1 Å². The summed E-state index contributed by atoms with van der Waals surface area (Å²) in [6, 6.07) is 22.3. The first-order valence-electron chi connectivity index (χ1n) is 9.76. The number of nitrogens with one attached hydrogen (secondary N) is 1. The highest BCUT2D eigenvalue weighted by Gasteiger charge is 2.34. The van der Waals surface area contributed by atoms with Crippen LogP contribution >= 0.6 is 0 Å². The fourth-order valence-electron chi connectivity index (χ4n) is 3.40. The lowest BCUT2D eigenvalue weighted by atomic mass is 10.1. The van der Waals surface area contributed by atoms with Gasteiger partial charge in [-0.3, -0.25) is 9.59 Å². The lowest BCUT2D eigenvalue weighted by molar-refractivity contribution is -0.127. The molecule has 3 aromatic carbocycles. The molecule has 1 heterocycles. The van der Waals surface area contributed by atoms with Gasteiger partial charge in [0, 0.05) is 12.1 Å². The van der Waals surface area contributed by atoms with Gasteiger partial charge in [0.25, 0.3) is 11.8 Å². The Hall–Kier alpha value is -3.67. The van der Waals surface area contributed by atoms with Crippen LogP contribution in [-0.2, 0) is 11.2 Å². The number of benzene rings is 3. The number of halogens is 1. The molecule has 0 bridgehead atoms. The van der Waals surface area contributed by atoms with Crippen molar-refractivity contribution in [2.75, 3.05) is 18.0 Å². The summed E-state index contributed by atoms with van der Waals surface area (Å²) >= 11 is 0. The van der Waals surface area contributed by atoms with Gasteiger partial charge in [0.05, 0.1) is 12.2 Å². The van der Waals surface area contributed by atoms with Gasteiger partial charge in [0.15, 0.2) is 6.10 Å². The Balaban J connectivity index is 1.48. The number of carbonyl (C=O) groups excluding carboxylic acids is 2. The van der Waals surface area contributed by atoms with E-state index in [2.05, 4.69) is 5.32 Å². The van der Waals surface area contributed by atoms with Gasteiger partial charge in [-0.05, 0) is 48.4 Å². The number of anilines is 1. The molecule has 0 aromatic heterocycles. The van der Waals surface area contributed by atoms with Crippen LogP contribution in [0.2, 0.25) is 0 Å². The molecule has 0 aliphatic carbocycles. The molecule has 2 amide bonds. The third kappa shape index (κ3) is 4.33. The molecular formula is C24H21FN2O3. The highest BCUT2D eigenvalue weighted by atomic mass is 19.1. The highest BCUT2D eigenvalue weighted by molar-refractivity contribution is 6.07. The zero-order valence-corrected chi connectivity index (χ0v) is 16.3. The predicted molar refractivity (Wildman–Crippen MR) is 112 cm³/mol. The summed E-state index contributed by atoms with van der Waals surface area (Å²) in [6.45, 7) is 0.542. The molecule has 152 valence electrons. The van der Waals surface area contributed by atoms with E-state index >= 15 is 0 Å². The summed E-state index contributed by atoms with van der Waals surface area (Å²) < 4.78 is 19.1. The number of carbonyl (C=O) groups is 2. The van der Waals surface area contributed by atoms with Gasteiger partial charge in [-0.2, -0.15) is 0 Å². The molecule has 1 atom stereocenters. The van der Waals surface area contributed by atoms with E-state index in [0.717, 1.165) is 5.56 Å². The van der Waals surface area contributed by atoms with E-state index in [1.807, 2.05) is 30.3 Å². The second-order valence-electron chi connectivity index (χ2n) is 7.02. The topological polar surface area (TPSA) is 58.6 Å². The first-order valence-corrected chi connectivity index (χ1v) is 9.76. The Labute approximate surface area is 174 Å². The average molecular weight is 404 g/mol. The Bertz CT molecular complexity index is 1040. The number of nitrogens with zero attached hydrogens (tertiary/aromatic N) is 1. The third-order valence-electron chi connectivity index (χ3n) is 4.96. The first kappa shape index (κ1) is 19.6. The van der Waals surface area contributed by atoms with Crippen LogP contribution in [0.15, 0.2) is 78.9 Å². The number of amides is 2. The Morgan fingerprint density at radius 3 is 2.43 bits per heavy atom. The third-order valence-corrected chi connectivity index (χ3v) is 4.96. The molecule has 30 heavy (non-hydrogen) atoms. The van der Waals surface area contributed by atoms with E-state index in [1.54, 1.807) is 24.3 Å². The molecule has 0 saturated heterocycles. The zero-order valence-electron chi connectivity index (χ0n) is 16.3. The van der Waals surface area contributed by atoms with Gasteiger partial charge < -0.3 is 15.0 Å². The van der Waals surface area contributed by atoms with Gasteiger partial charge in [-0.25, -0.2) is 4.39 Å². The molecular weight excluding hydrogens is 383 g/mol. The number of hydrogen-bond donors (Lipinski definition) is 1. The molecule has 0 radical (unpaired) electrons. The van der Waals surface area contributed by atoms with Crippen LogP contribution in [0, 0.1) is 5.82 Å². The summed E-state index contributed by atoms with van der Waals surface area (Å²) in [5.74, 6) is -0.544. The van der Waals surface area contributed by atoms with Gasteiger partial charge in [0.1, 0.15) is 11.6 Å². The highest BCUT2D eigenvalue weighted by Crippen LogP contribution is 2.34. The van der Waals surface area contributed by atoms with Crippen LogP contribution in [0.25, 0.3) is 0 Å². The van der Waals surface area contributed by atoms with E-state index in [-0.39, 0.29) is 18.4 Å². The fourth-order valence-corrected chi connectivity index (χ4v) is 3.40. The van der Waals surface area contributed by atoms with Crippen LogP contribution < -0.4 is 15.0 Å². The molecule has 4 rings (SSSR count). The largest absolute Gasteiger partial charge is 0.477 e. The van der Waals surface area contributed by atoms with Crippen LogP contribution in [0.3, 0.4) is 0 Å². The Morgan fingerprint density at radius 2 is 1.67 bits per heavy atom. The minimum absolute atomic E-state index is 0.0738. The predicted octanol–water partition coefficient (Wildman–Crippen LogP) is 3.59. The maximum absolute atomic E-state index is 13.2. The second kappa shape index (κ2) is 8.78. The standard InChI is InChI=1S/C24H21FN2O3/c25-19-12-10-18(11-13-19)24(29)27-16-22(30-21-9-5-4-8-20(21)27)23(28)26-15-14-17-6-2-1-3-7-17/h1-13,22H,14-16H2,(H,26,28)/t22-/m0/s1. The monoisotopic (exact) mass is 404 g/mol. The van der Waals surface area contributed by atoms with Gasteiger partial charge >= 0.3 is 0 Å². The van der Waals surface area contributed by atoms with Crippen molar-refractivity contribution in [3.8, 4) is 5.75 Å². The zero-order chi connectivity index (χ0) is 20.9. The molecule has 1 N–H and O–H groups in total. The van der Waals surface area contributed by atoms with E-state index in [9.17, 15) is 14.0 Å². The number of para-hydroxylation sites is 2. The molecule has 1 aliphatic rings. The Kier molecular flexibility index (Phi) is 5.75. The van der Waals surface area contributed by atoms with Crippen molar-refractivity contribution >= 4 is 17.5 Å². The van der Waals surface area contributed by atoms with E-state index in [4.69, 9.17) is 4.74 Å². The quantitative estimate of drug-likeness (QED) is 0.707. The van der Waals surface area contributed by atoms with Crippen LogP contribution in [0.5, 0.6) is 5.75 Å². The fraction of sp³-hybridized carbons (Fsp3) is 0.167. The van der Waals surface area contributed by atoms with Crippen molar-refractivity contribution in [1.82, 2.24) is 5.32 Å². The SMILES string of the molecule is O=C(NCCc1ccccc1)[C@@H]1CN(C(=O)c2ccc(F)cc2)c2ccccc2O1. The molecule has 3 aromatic rings. The number of fused-ring (bicyclic) bond motifs is 1. The minimum atomic E-state index is -0.833. The Morgan fingerprint density at radius 1 is 0.967 bits per heavy atom. The van der Waals surface area contributed by atoms with Gasteiger partial charge in [0.2, 0.25) is 0 Å². The average Bonchev–Trinajstić information content (AvgIpc) is 2.79. The van der Waals surface area contributed by atoms with E-state index < -0.39 is 11.9 Å².